The number of ether oxygens (including phenoxy) is 1. The molecule has 0 saturated heterocycles. The minimum absolute atomic E-state index is 0.0438. The number of hydrogen-bond donors (Lipinski definition) is 3. The summed E-state index contributed by atoms with van der Waals surface area (Å²) in [5.74, 6) is -1.80. The lowest BCUT2D eigenvalue weighted by Gasteiger charge is -2.21. The number of carbonyl (C=O) groups excluding carboxylic acids is 2. The third-order valence-corrected chi connectivity index (χ3v) is 3.89. The van der Waals surface area contributed by atoms with Crippen LogP contribution in [0.3, 0.4) is 0 Å². The van der Waals surface area contributed by atoms with Gasteiger partial charge in [-0.25, -0.2) is 4.79 Å². The van der Waals surface area contributed by atoms with E-state index in [1.165, 1.54) is 7.11 Å². The van der Waals surface area contributed by atoms with Gasteiger partial charge in [0.15, 0.2) is 0 Å². The normalized spacial score (nSPS) is 15.0. The Morgan fingerprint density at radius 2 is 2.00 bits per heavy atom. The second kappa shape index (κ2) is 9.60. The largest absolute Gasteiger partial charge is 0.480 e. The summed E-state index contributed by atoms with van der Waals surface area (Å²) in [6.45, 7) is 3.75. The van der Waals surface area contributed by atoms with Crippen molar-refractivity contribution in [3.63, 3.8) is 0 Å². The second-order valence-corrected chi connectivity index (χ2v) is 5.44. The number of rotatable bonds is 9. The molecule has 0 spiro atoms. The molecule has 1 amide bonds. The number of nitrogens with one attached hydrogen (secondary N) is 1. The predicted octanol–water partition coefficient (Wildman–Crippen LogP) is -0.165. The van der Waals surface area contributed by atoms with Crippen molar-refractivity contribution < 1.29 is 24.2 Å². The zero-order chi connectivity index (χ0) is 15.7. The van der Waals surface area contributed by atoms with E-state index < -0.39 is 24.0 Å². The minimum atomic E-state index is -1.11. The Balaban J connectivity index is 4.26. The Morgan fingerprint density at radius 3 is 2.45 bits per heavy atom. The Bertz CT molecular complexity index is 351. The standard InChI is InChI=1S/C12H22N2O5S/c1-4-7(2)10(12(18)19-3)14-9(15)6-20-5-8(13)11(16)17/h7-8,10H,4-6,13H2,1-3H3,(H,14,15)(H,16,17). The number of methoxy groups -OCH3 is 1. The molecule has 0 rings (SSSR count). The third kappa shape index (κ3) is 6.76. The van der Waals surface area contributed by atoms with Gasteiger partial charge in [0.1, 0.15) is 12.1 Å². The Hall–Kier alpha value is -1.28. The van der Waals surface area contributed by atoms with Gasteiger partial charge in [0.05, 0.1) is 12.9 Å². The summed E-state index contributed by atoms with van der Waals surface area (Å²) in [6.07, 6.45) is 0.719. The zero-order valence-electron chi connectivity index (χ0n) is 11.9. The van der Waals surface area contributed by atoms with Crippen LogP contribution in [0.5, 0.6) is 0 Å². The Morgan fingerprint density at radius 1 is 1.40 bits per heavy atom. The molecule has 0 saturated carbocycles. The maximum absolute atomic E-state index is 11.7. The predicted molar refractivity (Wildman–Crippen MR) is 76.3 cm³/mol. The summed E-state index contributed by atoms with van der Waals surface area (Å²) in [7, 11) is 1.27. The van der Waals surface area contributed by atoms with Crippen molar-refractivity contribution in [3.05, 3.63) is 0 Å². The number of esters is 1. The van der Waals surface area contributed by atoms with Crippen LogP contribution in [0, 0.1) is 5.92 Å². The molecule has 7 nitrogen and oxygen atoms in total. The fraction of sp³-hybridized carbons (Fsp3) is 0.750. The maximum atomic E-state index is 11.7. The first-order valence-electron chi connectivity index (χ1n) is 6.26. The van der Waals surface area contributed by atoms with E-state index in [-0.39, 0.29) is 23.3 Å². The molecule has 0 aliphatic rings. The van der Waals surface area contributed by atoms with Crippen molar-refractivity contribution >= 4 is 29.6 Å². The summed E-state index contributed by atoms with van der Waals surface area (Å²) in [5.41, 5.74) is 5.32. The van der Waals surface area contributed by atoms with Gasteiger partial charge in [0, 0.05) is 5.75 Å². The Labute approximate surface area is 122 Å². The first-order valence-corrected chi connectivity index (χ1v) is 7.42. The fourth-order valence-corrected chi connectivity index (χ4v) is 2.14. The van der Waals surface area contributed by atoms with Crippen LogP contribution < -0.4 is 11.1 Å². The van der Waals surface area contributed by atoms with Gasteiger partial charge in [-0.15, -0.1) is 11.8 Å². The van der Waals surface area contributed by atoms with Crippen molar-refractivity contribution in [2.24, 2.45) is 11.7 Å². The van der Waals surface area contributed by atoms with Gasteiger partial charge in [-0.05, 0) is 5.92 Å². The average molecular weight is 306 g/mol. The minimum Gasteiger partial charge on any atom is -0.480 e. The van der Waals surface area contributed by atoms with E-state index in [2.05, 4.69) is 10.1 Å². The molecular formula is C12H22N2O5S. The first-order chi connectivity index (χ1) is 9.33. The Kier molecular flexibility index (Phi) is 8.98. The molecule has 0 radical (unpaired) electrons. The van der Waals surface area contributed by atoms with Crippen LogP contribution >= 0.6 is 11.8 Å². The molecule has 0 aromatic heterocycles. The molecule has 0 aliphatic heterocycles. The fourth-order valence-electron chi connectivity index (χ4n) is 1.36. The second-order valence-electron chi connectivity index (χ2n) is 4.41. The summed E-state index contributed by atoms with van der Waals surface area (Å²) in [5, 5.41) is 11.2. The van der Waals surface area contributed by atoms with E-state index in [9.17, 15) is 14.4 Å². The van der Waals surface area contributed by atoms with E-state index in [0.29, 0.717) is 0 Å². The van der Waals surface area contributed by atoms with Gasteiger partial charge in [0.25, 0.3) is 0 Å². The lowest BCUT2D eigenvalue weighted by atomic mass is 9.99. The monoisotopic (exact) mass is 306 g/mol. The molecule has 0 aliphatic carbocycles. The number of carbonyl (C=O) groups is 3. The smallest absolute Gasteiger partial charge is 0.328 e. The lowest BCUT2D eigenvalue weighted by molar-refractivity contribution is -0.146. The van der Waals surface area contributed by atoms with Gasteiger partial charge in [-0.2, -0.15) is 0 Å². The number of carboxylic acid groups (broad SMARTS) is 1. The zero-order valence-corrected chi connectivity index (χ0v) is 12.7. The van der Waals surface area contributed by atoms with Crippen molar-refractivity contribution in [2.45, 2.75) is 32.4 Å². The molecule has 116 valence electrons. The van der Waals surface area contributed by atoms with Gasteiger partial charge in [-0.1, -0.05) is 20.3 Å². The van der Waals surface area contributed by atoms with E-state index in [4.69, 9.17) is 10.8 Å². The summed E-state index contributed by atoms with van der Waals surface area (Å²) in [6, 6.07) is -1.69. The van der Waals surface area contributed by atoms with Crippen LogP contribution in [0.15, 0.2) is 0 Å². The maximum Gasteiger partial charge on any atom is 0.328 e. The van der Waals surface area contributed by atoms with Crippen molar-refractivity contribution in [1.29, 1.82) is 0 Å². The summed E-state index contributed by atoms with van der Waals surface area (Å²) in [4.78, 5) is 33.8. The highest BCUT2D eigenvalue weighted by Gasteiger charge is 2.26. The molecule has 0 bridgehead atoms. The molecule has 0 aromatic rings. The third-order valence-electron chi connectivity index (χ3n) is 2.83. The lowest BCUT2D eigenvalue weighted by Crippen LogP contribution is -2.46. The average Bonchev–Trinajstić information content (AvgIpc) is 2.42. The van der Waals surface area contributed by atoms with Gasteiger partial charge in [0.2, 0.25) is 5.91 Å². The molecule has 3 atom stereocenters. The van der Waals surface area contributed by atoms with E-state index in [1.54, 1.807) is 0 Å². The number of aliphatic carboxylic acids is 1. The summed E-state index contributed by atoms with van der Waals surface area (Å²) >= 11 is 1.11. The van der Waals surface area contributed by atoms with E-state index in [0.717, 1.165) is 18.2 Å². The van der Waals surface area contributed by atoms with Crippen LogP contribution in [0.1, 0.15) is 20.3 Å². The molecule has 3 unspecified atom stereocenters. The van der Waals surface area contributed by atoms with Gasteiger partial charge in [-0.3, -0.25) is 9.59 Å². The van der Waals surface area contributed by atoms with E-state index in [1.807, 2.05) is 13.8 Å². The molecule has 20 heavy (non-hydrogen) atoms. The number of amides is 1. The number of nitrogens with two attached hydrogens (primary N) is 1. The van der Waals surface area contributed by atoms with Crippen LogP contribution in [0.4, 0.5) is 0 Å². The van der Waals surface area contributed by atoms with Crippen molar-refractivity contribution in [1.82, 2.24) is 5.32 Å². The van der Waals surface area contributed by atoms with Crippen molar-refractivity contribution in [2.75, 3.05) is 18.6 Å². The highest BCUT2D eigenvalue weighted by atomic mass is 32.2. The highest BCUT2D eigenvalue weighted by molar-refractivity contribution is 8.00. The highest BCUT2D eigenvalue weighted by Crippen LogP contribution is 2.10. The molecule has 0 fully saturated rings. The van der Waals surface area contributed by atoms with E-state index >= 15 is 0 Å². The first kappa shape index (κ1) is 18.7. The van der Waals surface area contributed by atoms with Gasteiger partial charge < -0.3 is 20.9 Å². The van der Waals surface area contributed by atoms with Crippen molar-refractivity contribution in [3.8, 4) is 0 Å². The SMILES string of the molecule is CCC(C)C(NC(=O)CSCC(N)C(=O)O)C(=O)OC. The number of hydrogen-bond acceptors (Lipinski definition) is 6. The molecule has 0 heterocycles. The molecular weight excluding hydrogens is 284 g/mol. The van der Waals surface area contributed by atoms with Gasteiger partial charge >= 0.3 is 11.9 Å². The quantitative estimate of drug-likeness (QED) is 0.506. The summed E-state index contributed by atoms with van der Waals surface area (Å²) < 4.78 is 4.65. The topological polar surface area (TPSA) is 119 Å². The molecule has 8 heteroatoms. The van der Waals surface area contributed by atoms with Crippen LogP contribution in [0.2, 0.25) is 0 Å². The molecule has 0 aromatic carbocycles. The van der Waals surface area contributed by atoms with Crippen LogP contribution in [-0.2, 0) is 19.1 Å². The molecule has 4 N–H and O–H groups in total. The van der Waals surface area contributed by atoms with Crippen LogP contribution in [0.25, 0.3) is 0 Å². The number of thioether (sulfide) groups is 1. The van der Waals surface area contributed by atoms with Crippen LogP contribution in [-0.4, -0.2) is 53.7 Å². The number of carboxylic acids is 1.